The van der Waals surface area contributed by atoms with E-state index in [9.17, 15) is 43.2 Å². The van der Waals surface area contributed by atoms with Crippen molar-refractivity contribution in [2.24, 2.45) is 17.8 Å². The Hall–Kier alpha value is -1.94. The molecule has 0 amide bonds. The molecule has 0 bridgehead atoms. The van der Waals surface area contributed by atoms with Gasteiger partial charge in [-0.3, -0.25) is 37.3 Å². The molecule has 0 aliphatic heterocycles. The van der Waals surface area contributed by atoms with Gasteiger partial charge in [-0.15, -0.1) is 0 Å². The number of ether oxygens (including phenoxy) is 4. The average molecular weight is 1610 g/mol. The summed E-state index contributed by atoms with van der Waals surface area (Å²) in [4.78, 5) is 73.4. The molecule has 0 radical (unpaired) electrons. The van der Waals surface area contributed by atoms with Crippen LogP contribution in [0.2, 0.25) is 0 Å². The van der Waals surface area contributed by atoms with E-state index in [0.717, 1.165) is 108 Å². The molecule has 0 saturated heterocycles. The molecular formula is C91H178O17P2. The van der Waals surface area contributed by atoms with Gasteiger partial charge in [0.2, 0.25) is 0 Å². The molecule has 110 heavy (non-hydrogen) atoms. The Morgan fingerprint density at radius 1 is 0.264 bits per heavy atom. The van der Waals surface area contributed by atoms with Crippen LogP contribution in [0.4, 0.5) is 0 Å². The molecule has 0 rings (SSSR count). The number of carbonyl (C=O) groups excluding carboxylic acids is 4. The summed E-state index contributed by atoms with van der Waals surface area (Å²) in [6.45, 7) is 12.1. The maximum atomic E-state index is 13.2. The van der Waals surface area contributed by atoms with Gasteiger partial charge >= 0.3 is 39.5 Å². The highest BCUT2D eigenvalue weighted by molar-refractivity contribution is 7.47. The lowest BCUT2D eigenvalue weighted by molar-refractivity contribution is -0.161. The van der Waals surface area contributed by atoms with Gasteiger partial charge in [0, 0.05) is 25.7 Å². The number of phosphoric acid groups is 2. The Morgan fingerprint density at radius 3 is 0.691 bits per heavy atom. The zero-order chi connectivity index (χ0) is 80.8. The topological polar surface area (TPSA) is 237 Å². The van der Waals surface area contributed by atoms with Crippen LogP contribution in [0.3, 0.4) is 0 Å². The summed E-state index contributed by atoms with van der Waals surface area (Å²) in [5.74, 6) is 0.374. The van der Waals surface area contributed by atoms with Gasteiger partial charge in [-0.1, -0.05) is 434 Å². The number of hydrogen-bond donors (Lipinski definition) is 3. The number of phosphoric ester groups is 2. The van der Waals surface area contributed by atoms with E-state index in [1.807, 2.05) is 0 Å². The van der Waals surface area contributed by atoms with E-state index in [-0.39, 0.29) is 25.7 Å². The van der Waals surface area contributed by atoms with Crippen molar-refractivity contribution in [2.75, 3.05) is 39.6 Å². The number of unbranched alkanes of at least 4 members (excludes halogenated alkanes) is 56. The van der Waals surface area contributed by atoms with Gasteiger partial charge in [0.25, 0.3) is 0 Å². The van der Waals surface area contributed by atoms with E-state index < -0.39 is 97.5 Å². The molecule has 0 aromatic carbocycles. The molecule has 17 nitrogen and oxygen atoms in total. The molecule has 3 N–H and O–H groups in total. The Morgan fingerprint density at radius 2 is 0.464 bits per heavy atom. The Balaban J connectivity index is 5.26. The van der Waals surface area contributed by atoms with Crippen LogP contribution < -0.4 is 0 Å². The normalized spacial score (nSPS) is 14.0. The molecule has 654 valence electrons. The van der Waals surface area contributed by atoms with Gasteiger partial charge in [-0.05, 0) is 43.4 Å². The summed E-state index contributed by atoms with van der Waals surface area (Å²) in [5.41, 5.74) is 0. The lowest BCUT2D eigenvalue weighted by Crippen LogP contribution is -2.30. The van der Waals surface area contributed by atoms with Gasteiger partial charge < -0.3 is 33.8 Å². The number of carbonyl (C=O) groups is 4. The number of aliphatic hydroxyl groups excluding tert-OH is 1. The second-order valence-corrected chi connectivity index (χ2v) is 36.8. The predicted octanol–water partition coefficient (Wildman–Crippen LogP) is 28.0. The Labute approximate surface area is 677 Å². The minimum Gasteiger partial charge on any atom is -0.462 e. The first-order valence-corrected chi connectivity index (χ1v) is 49.9. The molecule has 0 aromatic rings. The van der Waals surface area contributed by atoms with E-state index in [1.165, 1.54) is 295 Å². The molecule has 0 fully saturated rings. The maximum absolute atomic E-state index is 13.2. The summed E-state index contributed by atoms with van der Waals surface area (Å²) in [7, 11) is -9.94. The van der Waals surface area contributed by atoms with Gasteiger partial charge in [0.1, 0.15) is 19.3 Å². The third-order valence-electron chi connectivity index (χ3n) is 21.7. The molecule has 6 atom stereocenters. The summed E-state index contributed by atoms with van der Waals surface area (Å²) in [6.07, 6.45) is 73.5. The Bertz CT molecular complexity index is 2120. The van der Waals surface area contributed by atoms with Crippen molar-refractivity contribution in [2.45, 2.75) is 503 Å². The number of aliphatic hydroxyl groups is 1. The molecule has 0 aliphatic rings. The zero-order valence-electron chi connectivity index (χ0n) is 72.7. The van der Waals surface area contributed by atoms with Crippen molar-refractivity contribution in [3.8, 4) is 0 Å². The number of esters is 4. The summed E-state index contributed by atoms with van der Waals surface area (Å²) in [6, 6.07) is 0. The minimum absolute atomic E-state index is 0.108. The van der Waals surface area contributed by atoms with E-state index >= 15 is 0 Å². The molecule has 0 heterocycles. The van der Waals surface area contributed by atoms with E-state index in [0.29, 0.717) is 25.7 Å². The molecule has 3 unspecified atom stereocenters. The van der Waals surface area contributed by atoms with Crippen molar-refractivity contribution < 1.29 is 80.2 Å². The molecule has 0 saturated carbocycles. The predicted molar refractivity (Wildman–Crippen MR) is 455 cm³/mol. The smallest absolute Gasteiger partial charge is 0.462 e. The quantitative estimate of drug-likeness (QED) is 0.0222. The lowest BCUT2D eigenvalue weighted by atomic mass is 9.99. The van der Waals surface area contributed by atoms with Crippen molar-refractivity contribution in [1.29, 1.82) is 0 Å². The third-order valence-corrected chi connectivity index (χ3v) is 23.6. The third kappa shape index (κ3) is 82.6. The van der Waals surface area contributed by atoms with E-state index in [1.54, 1.807) is 0 Å². The van der Waals surface area contributed by atoms with Gasteiger partial charge in [-0.25, -0.2) is 9.13 Å². The van der Waals surface area contributed by atoms with Crippen molar-refractivity contribution >= 4 is 39.5 Å². The first kappa shape index (κ1) is 108. The fourth-order valence-corrected chi connectivity index (χ4v) is 15.8. The van der Waals surface area contributed by atoms with Crippen LogP contribution in [-0.4, -0.2) is 96.7 Å². The van der Waals surface area contributed by atoms with Gasteiger partial charge in [0.05, 0.1) is 26.4 Å². The number of hydrogen-bond acceptors (Lipinski definition) is 15. The largest absolute Gasteiger partial charge is 0.472 e. The van der Waals surface area contributed by atoms with Crippen molar-refractivity contribution in [3.05, 3.63) is 0 Å². The fraction of sp³-hybridized carbons (Fsp3) is 0.956. The summed E-state index contributed by atoms with van der Waals surface area (Å²) < 4.78 is 69.1. The zero-order valence-corrected chi connectivity index (χ0v) is 74.5. The highest BCUT2D eigenvalue weighted by atomic mass is 31.2. The maximum Gasteiger partial charge on any atom is 0.472 e. The van der Waals surface area contributed by atoms with Crippen molar-refractivity contribution in [1.82, 2.24) is 0 Å². The van der Waals surface area contributed by atoms with Crippen LogP contribution >= 0.6 is 15.6 Å². The van der Waals surface area contributed by atoms with Gasteiger partial charge in [0.15, 0.2) is 12.2 Å². The first-order chi connectivity index (χ1) is 53.3. The van der Waals surface area contributed by atoms with Crippen LogP contribution in [0.25, 0.3) is 0 Å². The average Bonchev–Trinajstić information content (AvgIpc) is 0.952. The molecule has 0 aliphatic carbocycles. The van der Waals surface area contributed by atoms with Crippen LogP contribution in [0.15, 0.2) is 0 Å². The minimum atomic E-state index is -4.97. The van der Waals surface area contributed by atoms with Crippen LogP contribution in [0.5, 0.6) is 0 Å². The molecule has 0 aromatic heterocycles. The van der Waals surface area contributed by atoms with E-state index in [2.05, 4.69) is 48.5 Å². The standard InChI is InChI=1S/C91H178O17P2/c1-8-10-11-12-13-14-15-27-37-44-51-58-65-72-88(93)101-78-86(108-91(96)75-68-61-54-47-40-33-26-29-35-42-49-56-63-70-83(5)6)80-105-109(97,98)103-76-85(92)77-104-110(99,100)106-81-87(79-102-89(94)73-66-59-52-45-38-31-24-21-20-22-28-34-41-48-55-62-69-82(3)4)107-90(95)74-67-60-53-46-39-32-25-19-17-16-18-23-30-36-43-50-57-64-71-84(7)9-2/h82-87,92H,8-81H2,1-7H3,(H,97,98)(H,99,100)/t84?,85-,86+,87+/m0/s1. The van der Waals surface area contributed by atoms with Crippen LogP contribution in [0.1, 0.15) is 485 Å². The second kappa shape index (κ2) is 80.8. The molecular weight excluding hydrogens is 1430 g/mol. The summed E-state index contributed by atoms with van der Waals surface area (Å²) >= 11 is 0. The monoisotopic (exact) mass is 1610 g/mol. The summed E-state index contributed by atoms with van der Waals surface area (Å²) in [5, 5.41) is 10.7. The van der Waals surface area contributed by atoms with Crippen molar-refractivity contribution in [3.63, 3.8) is 0 Å². The lowest BCUT2D eigenvalue weighted by Gasteiger charge is -2.21. The molecule has 19 heteroatoms. The fourth-order valence-electron chi connectivity index (χ4n) is 14.2. The second-order valence-electron chi connectivity index (χ2n) is 33.9. The highest BCUT2D eigenvalue weighted by Crippen LogP contribution is 2.45. The Kier molecular flexibility index (Phi) is 79.4. The SMILES string of the molecule is CCCCCCCCCCCCCCCC(=O)OC[C@H](COP(=O)(O)OC[C@H](O)COP(=O)(O)OC[C@@H](COC(=O)CCCCCCCCCCCCCCCCCCC(C)C)OC(=O)CCCCCCCCCCCCCCCCCCCCC(C)CC)OC(=O)CCCCCCCCCCCCCCCC(C)C. The van der Waals surface area contributed by atoms with Gasteiger partial charge in [-0.2, -0.15) is 0 Å². The first-order valence-electron chi connectivity index (χ1n) is 46.9. The number of rotatable bonds is 89. The van der Waals surface area contributed by atoms with Crippen LogP contribution in [-0.2, 0) is 65.4 Å². The van der Waals surface area contributed by atoms with E-state index in [4.69, 9.17) is 37.0 Å². The molecule has 0 spiro atoms. The highest BCUT2D eigenvalue weighted by Gasteiger charge is 2.31. The van der Waals surface area contributed by atoms with Crippen LogP contribution in [0, 0.1) is 17.8 Å².